The van der Waals surface area contributed by atoms with Gasteiger partial charge in [0, 0.05) is 17.3 Å². The number of nitrogens with one attached hydrogen (secondary N) is 1. The molecule has 2 rings (SSSR count). The third-order valence-corrected chi connectivity index (χ3v) is 4.01. The first-order chi connectivity index (χ1) is 8.90. The monoisotopic (exact) mass is 259 g/mol. The summed E-state index contributed by atoms with van der Waals surface area (Å²) in [5, 5.41) is 5.71. The van der Waals surface area contributed by atoms with Gasteiger partial charge in [-0.2, -0.15) is 0 Å². The van der Waals surface area contributed by atoms with Crippen LogP contribution < -0.4 is 5.32 Å². The minimum atomic E-state index is 0.580. The maximum atomic E-state index is 3.55. The van der Waals surface area contributed by atoms with Crippen molar-refractivity contribution in [3.63, 3.8) is 0 Å². The molecule has 1 aromatic carbocycles. The first kappa shape index (κ1) is 13.3. The van der Waals surface area contributed by atoms with Crippen LogP contribution in [-0.2, 0) is 6.42 Å². The highest BCUT2D eigenvalue weighted by molar-refractivity contribution is 7.09. The van der Waals surface area contributed by atoms with Crippen LogP contribution in [0.1, 0.15) is 29.7 Å². The molecule has 0 spiro atoms. The molecule has 2 aromatic rings. The molecule has 1 heterocycles. The molecular weight excluding hydrogens is 238 g/mol. The molecule has 1 N–H and O–H groups in total. The van der Waals surface area contributed by atoms with Crippen molar-refractivity contribution in [3.8, 4) is 0 Å². The van der Waals surface area contributed by atoms with Gasteiger partial charge in [-0.1, -0.05) is 43.3 Å². The Morgan fingerprint density at radius 1 is 1.11 bits per heavy atom. The maximum absolute atomic E-state index is 3.55. The van der Waals surface area contributed by atoms with E-state index in [1.165, 1.54) is 16.9 Å². The van der Waals surface area contributed by atoms with Gasteiger partial charge >= 0.3 is 0 Å². The smallest absolute Gasteiger partial charge is 0.00517 e. The van der Waals surface area contributed by atoms with Gasteiger partial charge in [-0.15, -0.1) is 11.3 Å². The van der Waals surface area contributed by atoms with Crippen LogP contribution >= 0.6 is 11.3 Å². The molecule has 96 valence electrons. The van der Waals surface area contributed by atoms with E-state index in [1.807, 2.05) is 11.3 Å². The second-order valence-electron chi connectivity index (χ2n) is 4.60. The Labute approximate surface area is 114 Å². The lowest BCUT2D eigenvalue weighted by Crippen LogP contribution is -2.23. The van der Waals surface area contributed by atoms with E-state index in [0.29, 0.717) is 5.92 Å². The summed E-state index contributed by atoms with van der Waals surface area (Å²) >= 11 is 1.86. The van der Waals surface area contributed by atoms with E-state index in [-0.39, 0.29) is 0 Å². The largest absolute Gasteiger partial charge is 0.316 e. The molecule has 0 fully saturated rings. The topological polar surface area (TPSA) is 12.0 Å². The molecule has 0 radical (unpaired) electrons. The van der Waals surface area contributed by atoms with E-state index in [0.717, 1.165) is 19.5 Å². The third-order valence-electron chi connectivity index (χ3n) is 3.12. The van der Waals surface area contributed by atoms with Crippen LogP contribution in [0.5, 0.6) is 0 Å². The quantitative estimate of drug-likeness (QED) is 0.739. The van der Waals surface area contributed by atoms with Gasteiger partial charge in [0.05, 0.1) is 0 Å². The van der Waals surface area contributed by atoms with E-state index in [4.69, 9.17) is 0 Å². The fourth-order valence-electron chi connectivity index (χ4n) is 2.16. The molecular formula is C16H21NS. The van der Waals surface area contributed by atoms with Crippen LogP contribution in [-0.4, -0.2) is 13.1 Å². The average molecular weight is 259 g/mol. The van der Waals surface area contributed by atoms with Gasteiger partial charge in [0.25, 0.3) is 0 Å². The lowest BCUT2D eigenvalue weighted by atomic mass is 9.95. The molecule has 0 amide bonds. The van der Waals surface area contributed by atoms with Crippen LogP contribution in [0.4, 0.5) is 0 Å². The maximum Gasteiger partial charge on any atom is 0.00517 e. The summed E-state index contributed by atoms with van der Waals surface area (Å²) in [7, 11) is 0. The first-order valence-electron chi connectivity index (χ1n) is 6.68. The van der Waals surface area contributed by atoms with E-state index >= 15 is 0 Å². The Morgan fingerprint density at radius 3 is 2.61 bits per heavy atom. The molecule has 2 heteroatoms. The third kappa shape index (κ3) is 3.97. The summed E-state index contributed by atoms with van der Waals surface area (Å²) in [5.74, 6) is 0.580. The molecule has 1 aromatic heterocycles. The van der Waals surface area contributed by atoms with Crippen LogP contribution in [0.3, 0.4) is 0 Å². The van der Waals surface area contributed by atoms with Crippen molar-refractivity contribution in [3.05, 3.63) is 58.3 Å². The van der Waals surface area contributed by atoms with Gasteiger partial charge in [0.1, 0.15) is 0 Å². The Morgan fingerprint density at radius 2 is 1.94 bits per heavy atom. The van der Waals surface area contributed by atoms with Crippen molar-refractivity contribution < 1.29 is 0 Å². The van der Waals surface area contributed by atoms with E-state index in [1.54, 1.807) is 0 Å². The predicted octanol–water partition coefficient (Wildman–Crippen LogP) is 4.07. The SMILES string of the molecule is CCCNCC(Cc1cccs1)c1ccccc1. The normalized spacial score (nSPS) is 12.5. The molecule has 1 atom stereocenters. The highest BCUT2D eigenvalue weighted by Gasteiger charge is 2.12. The number of hydrogen-bond acceptors (Lipinski definition) is 2. The van der Waals surface area contributed by atoms with E-state index in [2.05, 4.69) is 60.1 Å². The number of benzene rings is 1. The zero-order valence-electron chi connectivity index (χ0n) is 10.9. The van der Waals surface area contributed by atoms with Gasteiger partial charge in [-0.3, -0.25) is 0 Å². The summed E-state index contributed by atoms with van der Waals surface area (Å²) < 4.78 is 0. The predicted molar refractivity (Wildman–Crippen MR) is 80.4 cm³/mol. The molecule has 0 saturated carbocycles. The van der Waals surface area contributed by atoms with Crippen LogP contribution in [0.25, 0.3) is 0 Å². The van der Waals surface area contributed by atoms with Crippen molar-refractivity contribution in [2.24, 2.45) is 0 Å². The molecule has 18 heavy (non-hydrogen) atoms. The zero-order valence-corrected chi connectivity index (χ0v) is 11.7. The summed E-state index contributed by atoms with van der Waals surface area (Å²) in [6.07, 6.45) is 2.33. The number of thiophene rings is 1. The fourth-order valence-corrected chi connectivity index (χ4v) is 2.94. The van der Waals surface area contributed by atoms with E-state index < -0.39 is 0 Å². The van der Waals surface area contributed by atoms with Crippen molar-refractivity contribution in [2.75, 3.05) is 13.1 Å². The average Bonchev–Trinajstić information content (AvgIpc) is 2.92. The minimum Gasteiger partial charge on any atom is -0.316 e. The molecule has 0 bridgehead atoms. The standard InChI is InChI=1S/C16H21NS/c1-2-10-17-13-15(12-16-9-6-11-18-16)14-7-4-3-5-8-14/h3-9,11,15,17H,2,10,12-13H2,1H3. The van der Waals surface area contributed by atoms with Gasteiger partial charge in [0.15, 0.2) is 0 Å². The van der Waals surface area contributed by atoms with Crippen LogP contribution in [0, 0.1) is 0 Å². The van der Waals surface area contributed by atoms with E-state index in [9.17, 15) is 0 Å². The number of hydrogen-bond donors (Lipinski definition) is 1. The van der Waals surface area contributed by atoms with Gasteiger partial charge in [-0.05, 0) is 36.4 Å². The summed E-state index contributed by atoms with van der Waals surface area (Å²) in [6, 6.07) is 15.2. The van der Waals surface area contributed by atoms with Crippen LogP contribution in [0.2, 0.25) is 0 Å². The Bertz CT molecular complexity index is 422. The second kappa shape index (κ2) is 7.34. The lowest BCUT2D eigenvalue weighted by Gasteiger charge is -2.17. The molecule has 0 aliphatic heterocycles. The summed E-state index contributed by atoms with van der Waals surface area (Å²) in [5.41, 5.74) is 1.44. The first-order valence-corrected chi connectivity index (χ1v) is 7.56. The Kier molecular flexibility index (Phi) is 5.43. The van der Waals surface area contributed by atoms with Crippen LogP contribution in [0.15, 0.2) is 47.8 Å². The van der Waals surface area contributed by atoms with Gasteiger partial charge in [-0.25, -0.2) is 0 Å². The van der Waals surface area contributed by atoms with Gasteiger partial charge in [0.2, 0.25) is 0 Å². The van der Waals surface area contributed by atoms with Crippen molar-refractivity contribution in [2.45, 2.75) is 25.7 Å². The molecule has 0 aliphatic carbocycles. The summed E-state index contributed by atoms with van der Waals surface area (Å²) in [6.45, 7) is 4.38. The van der Waals surface area contributed by atoms with Gasteiger partial charge < -0.3 is 5.32 Å². The Balaban J connectivity index is 2.03. The highest BCUT2D eigenvalue weighted by Crippen LogP contribution is 2.22. The van der Waals surface area contributed by atoms with Crippen molar-refractivity contribution in [1.29, 1.82) is 0 Å². The van der Waals surface area contributed by atoms with Crippen molar-refractivity contribution in [1.82, 2.24) is 5.32 Å². The van der Waals surface area contributed by atoms with Crippen molar-refractivity contribution >= 4 is 11.3 Å². The lowest BCUT2D eigenvalue weighted by molar-refractivity contribution is 0.579. The second-order valence-corrected chi connectivity index (χ2v) is 5.63. The zero-order chi connectivity index (χ0) is 12.6. The number of rotatable bonds is 7. The molecule has 0 saturated heterocycles. The highest BCUT2D eigenvalue weighted by atomic mass is 32.1. The summed E-state index contributed by atoms with van der Waals surface area (Å²) in [4.78, 5) is 1.47. The molecule has 1 unspecified atom stereocenters. The Hall–Kier alpha value is -1.12. The fraction of sp³-hybridized carbons (Fsp3) is 0.375. The minimum absolute atomic E-state index is 0.580. The molecule has 1 nitrogen and oxygen atoms in total. The molecule has 0 aliphatic rings.